The number of amides is 2. The van der Waals surface area contributed by atoms with Crippen LogP contribution in [0.25, 0.3) is 0 Å². The zero-order chi connectivity index (χ0) is 15.1. The van der Waals surface area contributed by atoms with Gasteiger partial charge in [-0.2, -0.15) is 0 Å². The summed E-state index contributed by atoms with van der Waals surface area (Å²) in [6.45, 7) is 0. The van der Waals surface area contributed by atoms with E-state index in [4.69, 9.17) is 5.11 Å². The van der Waals surface area contributed by atoms with Crippen LogP contribution in [0, 0.1) is 5.82 Å². The molecule has 2 aromatic carbocycles. The van der Waals surface area contributed by atoms with E-state index in [-0.39, 0.29) is 22.4 Å². The van der Waals surface area contributed by atoms with Crippen LogP contribution in [0.3, 0.4) is 0 Å². The first-order valence-corrected chi connectivity index (χ1v) is 6.01. The Hall–Kier alpha value is -3.02. The number of hydrogen-bond donors (Lipinski definition) is 1. The van der Waals surface area contributed by atoms with Crippen molar-refractivity contribution in [2.24, 2.45) is 0 Å². The van der Waals surface area contributed by atoms with Crippen LogP contribution in [-0.4, -0.2) is 22.9 Å². The summed E-state index contributed by atoms with van der Waals surface area (Å²) in [5.74, 6) is -3.48. The zero-order valence-corrected chi connectivity index (χ0v) is 10.5. The summed E-state index contributed by atoms with van der Waals surface area (Å²) in [6.07, 6.45) is 0. The summed E-state index contributed by atoms with van der Waals surface area (Å²) < 4.78 is 14.0. The smallest absolute Gasteiger partial charge is 0.335 e. The highest BCUT2D eigenvalue weighted by Crippen LogP contribution is 2.30. The number of anilines is 1. The predicted octanol–water partition coefficient (Wildman–Crippen LogP) is 2.32. The topological polar surface area (TPSA) is 74.7 Å². The molecule has 1 aliphatic heterocycles. The molecule has 6 heteroatoms. The van der Waals surface area contributed by atoms with Gasteiger partial charge in [0, 0.05) is 0 Å². The van der Waals surface area contributed by atoms with Crippen molar-refractivity contribution in [3.63, 3.8) is 0 Å². The maximum absolute atomic E-state index is 14.0. The van der Waals surface area contributed by atoms with E-state index in [0.29, 0.717) is 4.90 Å². The van der Waals surface area contributed by atoms with Crippen LogP contribution in [0.4, 0.5) is 10.1 Å². The van der Waals surface area contributed by atoms with Crippen LogP contribution in [0.5, 0.6) is 0 Å². The van der Waals surface area contributed by atoms with Crippen LogP contribution in [0.1, 0.15) is 31.1 Å². The first-order valence-electron chi connectivity index (χ1n) is 6.01. The highest BCUT2D eigenvalue weighted by molar-refractivity contribution is 6.34. The van der Waals surface area contributed by atoms with Crippen molar-refractivity contribution in [1.82, 2.24) is 0 Å². The van der Waals surface area contributed by atoms with Gasteiger partial charge in [-0.3, -0.25) is 9.59 Å². The molecule has 104 valence electrons. The predicted molar refractivity (Wildman–Crippen MR) is 70.9 cm³/mol. The van der Waals surface area contributed by atoms with Gasteiger partial charge in [-0.25, -0.2) is 14.1 Å². The lowest BCUT2D eigenvalue weighted by Crippen LogP contribution is -2.30. The number of carboxylic acids is 1. The molecule has 0 unspecified atom stereocenters. The van der Waals surface area contributed by atoms with E-state index in [1.54, 1.807) is 12.1 Å². The summed E-state index contributed by atoms with van der Waals surface area (Å²) >= 11 is 0. The number of carbonyl (C=O) groups is 3. The Kier molecular flexibility index (Phi) is 2.79. The number of imide groups is 1. The first-order chi connectivity index (χ1) is 10.0. The van der Waals surface area contributed by atoms with Gasteiger partial charge in [0.15, 0.2) is 0 Å². The average Bonchev–Trinajstić information content (AvgIpc) is 2.72. The molecule has 3 rings (SSSR count). The quantitative estimate of drug-likeness (QED) is 0.859. The summed E-state index contributed by atoms with van der Waals surface area (Å²) in [6, 6.07) is 9.22. The number of carbonyl (C=O) groups excluding carboxylic acids is 2. The van der Waals surface area contributed by atoms with E-state index in [2.05, 4.69) is 0 Å². The number of benzene rings is 2. The zero-order valence-electron chi connectivity index (χ0n) is 10.5. The highest BCUT2D eigenvalue weighted by atomic mass is 19.1. The van der Waals surface area contributed by atoms with E-state index in [1.807, 2.05) is 0 Å². The maximum atomic E-state index is 14.0. The third-order valence-electron chi connectivity index (χ3n) is 3.23. The molecule has 0 saturated heterocycles. The maximum Gasteiger partial charge on any atom is 0.335 e. The molecule has 1 N–H and O–H groups in total. The summed E-state index contributed by atoms with van der Waals surface area (Å²) in [4.78, 5) is 35.9. The number of rotatable bonds is 2. The van der Waals surface area contributed by atoms with E-state index < -0.39 is 23.6 Å². The van der Waals surface area contributed by atoms with E-state index in [1.165, 1.54) is 12.1 Å². The van der Waals surface area contributed by atoms with Gasteiger partial charge < -0.3 is 5.11 Å². The minimum Gasteiger partial charge on any atom is -0.478 e. The third kappa shape index (κ3) is 1.88. The molecule has 5 nitrogen and oxygen atoms in total. The average molecular weight is 285 g/mol. The molecular formula is C15H8FNO4. The van der Waals surface area contributed by atoms with Crippen molar-refractivity contribution >= 4 is 23.5 Å². The molecule has 0 spiro atoms. The van der Waals surface area contributed by atoms with Gasteiger partial charge in [0.05, 0.1) is 22.4 Å². The fourth-order valence-corrected chi connectivity index (χ4v) is 2.23. The van der Waals surface area contributed by atoms with Gasteiger partial charge >= 0.3 is 5.97 Å². The van der Waals surface area contributed by atoms with Crippen LogP contribution in [0.15, 0.2) is 42.5 Å². The molecule has 2 amide bonds. The van der Waals surface area contributed by atoms with Crippen LogP contribution < -0.4 is 4.90 Å². The molecule has 21 heavy (non-hydrogen) atoms. The fourth-order valence-electron chi connectivity index (χ4n) is 2.23. The Bertz CT molecular complexity index is 765. The van der Waals surface area contributed by atoms with Crippen molar-refractivity contribution < 1.29 is 23.9 Å². The van der Waals surface area contributed by atoms with E-state index in [0.717, 1.165) is 18.2 Å². The van der Waals surface area contributed by atoms with Crippen molar-refractivity contribution in [3.05, 3.63) is 65.0 Å². The molecule has 0 aromatic heterocycles. The SMILES string of the molecule is O=C(O)c1ccc(N2C(=O)c3ccccc3C2=O)c(F)c1. The number of fused-ring (bicyclic) bond motifs is 1. The van der Waals surface area contributed by atoms with Crippen LogP contribution in [-0.2, 0) is 0 Å². The second-order valence-electron chi connectivity index (χ2n) is 4.46. The largest absolute Gasteiger partial charge is 0.478 e. The van der Waals surface area contributed by atoms with Crippen molar-refractivity contribution in [2.75, 3.05) is 4.90 Å². The first kappa shape index (κ1) is 13.0. The molecule has 0 aliphatic carbocycles. The Morgan fingerprint density at radius 3 is 2.05 bits per heavy atom. The monoisotopic (exact) mass is 285 g/mol. The molecule has 2 aromatic rings. The standard InChI is InChI=1S/C15H8FNO4/c16-11-7-8(15(20)21)5-6-12(11)17-13(18)9-3-1-2-4-10(9)14(17)19/h1-7H,(H,20,21). The second kappa shape index (κ2) is 4.52. The van der Waals surface area contributed by atoms with Gasteiger partial charge in [0.25, 0.3) is 11.8 Å². The third-order valence-corrected chi connectivity index (χ3v) is 3.23. The summed E-state index contributed by atoms with van der Waals surface area (Å²) in [5.41, 5.74) is -0.118. The van der Waals surface area contributed by atoms with Gasteiger partial charge in [-0.1, -0.05) is 12.1 Å². The summed E-state index contributed by atoms with van der Waals surface area (Å²) in [7, 11) is 0. The van der Waals surface area contributed by atoms with Crippen molar-refractivity contribution in [1.29, 1.82) is 0 Å². The number of halogens is 1. The Morgan fingerprint density at radius 1 is 1.00 bits per heavy atom. The molecule has 0 radical (unpaired) electrons. The molecule has 0 bridgehead atoms. The minimum atomic E-state index is -1.29. The van der Waals surface area contributed by atoms with Gasteiger partial charge in [0.2, 0.25) is 0 Å². The molecule has 1 aliphatic rings. The molecule has 0 fully saturated rings. The van der Waals surface area contributed by atoms with E-state index >= 15 is 0 Å². The molecule has 1 heterocycles. The van der Waals surface area contributed by atoms with Gasteiger partial charge in [0.1, 0.15) is 5.82 Å². The Labute approximate surface area is 118 Å². The van der Waals surface area contributed by atoms with Gasteiger partial charge in [-0.05, 0) is 30.3 Å². The second-order valence-corrected chi connectivity index (χ2v) is 4.46. The minimum absolute atomic E-state index is 0.198. The fraction of sp³-hybridized carbons (Fsp3) is 0. The molecule has 0 saturated carbocycles. The molecule has 0 atom stereocenters. The number of carboxylic acid groups (broad SMARTS) is 1. The Morgan fingerprint density at radius 2 is 1.57 bits per heavy atom. The lowest BCUT2D eigenvalue weighted by Gasteiger charge is -2.14. The summed E-state index contributed by atoms with van der Waals surface area (Å²) in [5, 5.41) is 8.80. The molecular weight excluding hydrogens is 277 g/mol. The normalized spacial score (nSPS) is 13.5. The lowest BCUT2D eigenvalue weighted by molar-refractivity contribution is 0.0696. The van der Waals surface area contributed by atoms with E-state index in [9.17, 15) is 18.8 Å². The number of aromatic carboxylic acids is 1. The number of hydrogen-bond acceptors (Lipinski definition) is 3. The van der Waals surface area contributed by atoms with Crippen LogP contribution >= 0.6 is 0 Å². The lowest BCUT2D eigenvalue weighted by atomic mass is 10.1. The van der Waals surface area contributed by atoms with Crippen molar-refractivity contribution in [2.45, 2.75) is 0 Å². The highest BCUT2D eigenvalue weighted by Gasteiger charge is 2.37. The number of nitrogens with zero attached hydrogens (tertiary/aromatic N) is 1. The van der Waals surface area contributed by atoms with Crippen LogP contribution in [0.2, 0.25) is 0 Å². The van der Waals surface area contributed by atoms with Crippen molar-refractivity contribution in [3.8, 4) is 0 Å². The Balaban J connectivity index is 2.09. The van der Waals surface area contributed by atoms with Gasteiger partial charge in [-0.15, -0.1) is 0 Å².